The quantitative estimate of drug-likeness (QED) is 0.551. The zero-order chi connectivity index (χ0) is 24.2. The van der Waals surface area contributed by atoms with Gasteiger partial charge in [0.2, 0.25) is 0 Å². The van der Waals surface area contributed by atoms with Gasteiger partial charge in [0.1, 0.15) is 6.10 Å². The molecule has 2 aliphatic heterocycles. The Morgan fingerprint density at radius 2 is 1.94 bits per heavy atom. The highest BCUT2D eigenvalue weighted by Gasteiger charge is 2.51. The van der Waals surface area contributed by atoms with Crippen LogP contribution in [0.3, 0.4) is 0 Å². The highest BCUT2D eigenvalue weighted by molar-refractivity contribution is 6.11. The molecular formula is C27H37NO6. The summed E-state index contributed by atoms with van der Waals surface area (Å²) in [6.07, 6.45) is 4.77. The fraction of sp³-hybridized carbons (Fsp3) is 0.630. The van der Waals surface area contributed by atoms with Gasteiger partial charge in [-0.1, -0.05) is 26.3 Å². The molecule has 1 saturated carbocycles. The Labute approximate surface area is 202 Å². The first kappa shape index (κ1) is 24.6. The van der Waals surface area contributed by atoms with Gasteiger partial charge in [-0.2, -0.15) is 0 Å². The van der Waals surface area contributed by atoms with Gasteiger partial charge in [-0.15, -0.1) is 0 Å². The topological polar surface area (TPSA) is 85.3 Å². The van der Waals surface area contributed by atoms with Gasteiger partial charge in [0.25, 0.3) is 5.91 Å². The predicted octanol–water partition coefficient (Wildman–Crippen LogP) is 4.19. The molecule has 7 heteroatoms. The minimum atomic E-state index is -0.548. The molecule has 2 heterocycles. The Kier molecular flexibility index (Phi) is 7.81. The molecule has 1 fully saturated rings. The van der Waals surface area contributed by atoms with Crippen molar-refractivity contribution in [3.05, 3.63) is 35.1 Å². The van der Waals surface area contributed by atoms with Crippen molar-refractivity contribution in [2.75, 3.05) is 26.4 Å². The molecule has 0 spiro atoms. The third kappa shape index (κ3) is 4.81. The van der Waals surface area contributed by atoms with Crippen molar-refractivity contribution in [2.24, 2.45) is 11.8 Å². The van der Waals surface area contributed by atoms with E-state index in [2.05, 4.69) is 13.8 Å². The highest BCUT2D eigenvalue weighted by atomic mass is 16.5. The van der Waals surface area contributed by atoms with Crippen molar-refractivity contribution in [1.29, 1.82) is 0 Å². The monoisotopic (exact) mass is 471 g/mol. The van der Waals surface area contributed by atoms with Crippen LogP contribution in [-0.2, 0) is 14.3 Å². The maximum absolute atomic E-state index is 13.7. The first-order valence-corrected chi connectivity index (χ1v) is 12.7. The Balaban J connectivity index is 1.70. The molecule has 7 nitrogen and oxygen atoms in total. The third-order valence-corrected chi connectivity index (χ3v) is 6.95. The lowest BCUT2D eigenvalue weighted by Crippen LogP contribution is -2.39. The van der Waals surface area contributed by atoms with E-state index >= 15 is 0 Å². The number of aliphatic hydroxyl groups excluding tert-OH is 1. The van der Waals surface area contributed by atoms with E-state index in [1.54, 1.807) is 4.90 Å². The van der Waals surface area contributed by atoms with Crippen LogP contribution in [0.5, 0.6) is 11.5 Å². The van der Waals surface area contributed by atoms with Crippen LogP contribution in [-0.4, -0.2) is 54.2 Å². The van der Waals surface area contributed by atoms with Crippen LogP contribution in [0.2, 0.25) is 0 Å². The first-order chi connectivity index (χ1) is 16.5. The second-order valence-electron chi connectivity index (χ2n) is 9.80. The van der Waals surface area contributed by atoms with Crippen molar-refractivity contribution in [3.63, 3.8) is 0 Å². The fourth-order valence-corrected chi connectivity index (χ4v) is 5.20. The normalized spacial score (nSPS) is 24.3. The number of Topliss-reactive ketones (excluding diaryl/α,β-unsaturated/α-hetero) is 1. The number of aliphatic hydroxyl groups is 1. The average Bonchev–Trinajstić information content (AvgIpc) is 3.10. The van der Waals surface area contributed by atoms with E-state index < -0.39 is 6.04 Å². The molecular weight excluding hydrogens is 434 g/mol. The lowest BCUT2D eigenvalue weighted by molar-refractivity contribution is -0.135. The molecule has 3 aliphatic rings. The number of carbonyl (C=O) groups excluding carboxylic acids is 2. The molecule has 0 saturated heterocycles. The third-order valence-electron chi connectivity index (χ3n) is 6.95. The lowest BCUT2D eigenvalue weighted by atomic mass is 9.77. The molecule has 3 atom stereocenters. The van der Waals surface area contributed by atoms with Gasteiger partial charge in [0, 0.05) is 13.2 Å². The van der Waals surface area contributed by atoms with E-state index in [4.69, 9.17) is 14.2 Å². The summed E-state index contributed by atoms with van der Waals surface area (Å²) in [5.74, 6) is 1.58. The van der Waals surface area contributed by atoms with Crippen LogP contribution in [0.1, 0.15) is 70.9 Å². The molecule has 34 heavy (non-hydrogen) atoms. The molecule has 1 N–H and O–H groups in total. The maximum Gasteiger partial charge on any atom is 0.290 e. The van der Waals surface area contributed by atoms with Crippen LogP contribution in [0, 0.1) is 11.8 Å². The van der Waals surface area contributed by atoms with Gasteiger partial charge in [0.05, 0.1) is 30.7 Å². The van der Waals surface area contributed by atoms with Gasteiger partial charge in [-0.05, 0) is 62.6 Å². The summed E-state index contributed by atoms with van der Waals surface area (Å²) >= 11 is 0. The van der Waals surface area contributed by atoms with E-state index in [1.165, 1.54) is 0 Å². The molecule has 1 amide bonds. The average molecular weight is 472 g/mol. The number of amides is 1. The SMILES string of the molecule is CCOc1cc(C2C3=C(OC4CCCCC4C3=O)C(=O)N2CCCO)ccc1OCCC(C)C. The minimum Gasteiger partial charge on any atom is -0.490 e. The predicted molar refractivity (Wildman–Crippen MR) is 128 cm³/mol. The Morgan fingerprint density at radius 3 is 2.68 bits per heavy atom. The van der Waals surface area contributed by atoms with Crippen molar-refractivity contribution < 1.29 is 28.9 Å². The molecule has 0 aromatic heterocycles. The van der Waals surface area contributed by atoms with Crippen LogP contribution in [0.25, 0.3) is 0 Å². The van der Waals surface area contributed by atoms with Crippen molar-refractivity contribution in [3.8, 4) is 11.5 Å². The molecule has 3 unspecified atom stereocenters. The molecule has 1 aromatic carbocycles. The number of ether oxygens (including phenoxy) is 3. The minimum absolute atomic E-state index is 0.0334. The zero-order valence-corrected chi connectivity index (χ0v) is 20.5. The Morgan fingerprint density at radius 1 is 1.15 bits per heavy atom. The summed E-state index contributed by atoms with van der Waals surface area (Å²) in [7, 11) is 0. The van der Waals surface area contributed by atoms with Crippen LogP contribution >= 0.6 is 0 Å². The number of benzene rings is 1. The van der Waals surface area contributed by atoms with Gasteiger partial charge < -0.3 is 24.2 Å². The standard InChI is InChI=1S/C27H37NO6/c1-4-32-22-16-18(10-11-21(22)33-15-12-17(2)3)24-23-25(30)19-8-5-6-9-20(19)34-26(23)27(31)28(24)13-7-14-29/h10-11,16-17,19-20,24,29H,4-9,12-15H2,1-3H3. The number of fused-ring (bicyclic) bond motifs is 1. The smallest absolute Gasteiger partial charge is 0.290 e. The number of carbonyl (C=O) groups is 2. The van der Waals surface area contributed by atoms with E-state index in [9.17, 15) is 14.7 Å². The van der Waals surface area contributed by atoms with Crippen LogP contribution in [0.15, 0.2) is 29.5 Å². The molecule has 0 bridgehead atoms. The van der Waals surface area contributed by atoms with Crippen LogP contribution in [0.4, 0.5) is 0 Å². The summed E-state index contributed by atoms with van der Waals surface area (Å²) in [4.78, 5) is 28.7. The van der Waals surface area contributed by atoms with Crippen molar-refractivity contribution in [2.45, 2.75) is 71.4 Å². The molecule has 0 radical (unpaired) electrons. The number of hydrogen-bond acceptors (Lipinski definition) is 6. The summed E-state index contributed by atoms with van der Waals surface area (Å²) in [5, 5.41) is 9.43. The summed E-state index contributed by atoms with van der Waals surface area (Å²) in [6, 6.07) is 5.11. The van der Waals surface area contributed by atoms with Gasteiger partial charge in [-0.3, -0.25) is 9.59 Å². The van der Waals surface area contributed by atoms with E-state index in [1.807, 2.05) is 25.1 Å². The molecule has 186 valence electrons. The molecule has 4 rings (SSSR count). The van der Waals surface area contributed by atoms with E-state index in [0.717, 1.165) is 37.7 Å². The summed E-state index contributed by atoms with van der Waals surface area (Å²) in [5.41, 5.74) is 1.25. The number of ketones is 1. The second kappa shape index (κ2) is 10.8. The second-order valence-corrected chi connectivity index (χ2v) is 9.80. The highest BCUT2D eigenvalue weighted by Crippen LogP contribution is 2.47. The van der Waals surface area contributed by atoms with E-state index in [0.29, 0.717) is 49.2 Å². The maximum atomic E-state index is 13.7. The van der Waals surface area contributed by atoms with Crippen molar-refractivity contribution in [1.82, 2.24) is 4.90 Å². The van der Waals surface area contributed by atoms with Gasteiger partial charge in [0.15, 0.2) is 23.0 Å². The number of nitrogens with zero attached hydrogens (tertiary/aromatic N) is 1. The number of rotatable bonds is 10. The van der Waals surface area contributed by atoms with Crippen molar-refractivity contribution >= 4 is 11.7 Å². The van der Waals surface area contributed by atoms with E-state index in [-0.39, 0.29) is 36.1 Å². The lowest BCUT2D eigenvalue weighted by Gasteiger charge is -2.35. The summed E-state index contributed by atoms with van der Waals surface area (Å²) < 4.78 is 18.1. The van der Waals surface area contributed by atoms with Crippen LogP contribution < -0.4 is 9.47 Å². The molecule has 1 aromatic rings. The zero-order valence-electron chi connectivity index (χ0n) is 20.5. The van der Waals surface area contributed by atoms with Gasteiger partial charge >= 0.3 is 0 Å². The molecule has 1 aliphatic carbocycles. The fourth-order valence-electron chi connectivity index (χ4n) is 5.20. The Hall–Kier alpha value is -2.54. The first-order valence-electron chi connectivity index (χ1n) is 12.7. The summed E-state index contributed by atoms with van der Waals surface area (Å²) in [6.45, 7) is 7.59. The largest absolute Gasteiger partial charge is 0.490 e. The Bertz CT molecular complexity index is 939. The number of hydrogen-bond donors (Lipinski definition) is 1. The van der Waals surface area contributed by atoms with Gasteiger partial charge in [-0.25, -0.2) is 0 Å².